The van der Waals surface area contributed by atoms with Gasteiger partial charge in [-0.25, -0.2) is 20.6 Å². The SMILES string of the molecule is Cc1cc2ncc3cc(-c4ccccc4)c(-c4ccc(CN5CCC(OC(=O)NN)CC5)cc4)nc3n2n1. The number of pyridine rings is 1. The van der Waals surface area contributed by atoms with Crippen molar-refractivity contribution in [1.82, 2.24) is 29.9 Å². The molecule has 1 saturated heterocycles. The third-order valence-electron chi connectivity index (χ3n) is 7.02. The molecule has 1 aliphatic heterocycles. The van der Waals surface area contributed by atoms with Crippen molar-refractivity contribution < 1.29 is 9.53 Å². The topological polar surface area (TPSA) is 111 Å². The Balaban J connectivity index is 1.29. The first-order valence-electron chi connectivity index (χ1n) is 12.8. The minimum absolute atomic E-state index is 0.0900. The lowest BCUT2D eigenvalue weighted by atomic mass is 9.97. The zero-order valence-corrected chi connectivity index (χ0v) is 21.2. The van der Waals surface area contributed by atoms with Crippen LogP contribution in [-0.2, 0) is 11.3 Å². The Morgan fingerprint density at radius 3 is 2.55 bits per heavy atom. The number of likely N-dealkylation sites (tertiary alicyclic amines) is 1. The van der Waals surface area contributed by atoms with Crippen molar-refractivity contribution in [3.63, 3.8) is 0 Å². The molecule has 5 aromatic rings. The van der Waals surface area contributed by atoms with Crippen LogP contribution in [-0.4, -0.2) is 49.8 Å². The Bertz CT molecular complexity index is 1590. The van der Waals surface area contributed by atoms with E-state index in [1.807, 2.05) is 47.3 Å². The first-order valence-corrected chi connectivity index (χ1v) is 12.8. The normalized spacial score (nSPS) is 14.7. The van der Waals surface area contributed by atoms with Crippen molar-refractivity contribution >= 4 is 22.8 Å². The number of hydrogen-bond acceptors (Lipinski definition) is 7. The molecule has 0 aliphatic carbocycles. The summed E-state index contributed by atoms with van der Waals surface area (Å²) in [5, 5.41) is 5.57. The number of amides is 1. The maximum absolute atomic E-state index is 11.4. The number of nitrogens with zero attached hydrogens (tertiary/aromatic N) is 5. The number of fused-ring (bicyclic) bond motifs is 3. The number of nitrogens with two attached hydrogens (primary N) is 1. The van der Waals surface area contributed by atoms with E-state index in [0.717, 1.165) is 77.2 Å². The van der Waals surface area contributed by atoms with Gasteiger partial charge in [-0.05, 0) is 37.0 Å². The summed E-state index contributed by atoms with van der Waals surface area (Å²) in [4.78, 5) is 23.5. The summed E-state index contributed by atoms with van der Waals surface area (Å²) in [5.74, 6) is 5.12. The molecule has 6 rings (SSSR count). The summed E-state index contributed by atoms with van der Waals surface area (Å²) in [6.07, 6.45) is 2.80. The number of ether oxygens (including phenoxy) is 1. The number of rotatable bonds is 5. The van der Waals surface area contributed by atoms with Crippen LogP contribution in [0, 0.1) is 6.92 Å². The van der Waals surface area contributed by atoms with Crippen LogP contribution in [0.1, 0.15) is 24.1 Å². The van der Waals surface area contributed by atoms with E-state index in [1.165, 1.54) is 5.56 Å². The molecule has 192 valence electrons. The summed E-state index contributed by atoms with van der Waals surface area (Å²) in [6.45, 7) is 4.53. The van der Waals surface area contributed by atoms with Crippen molar-refractivity contribution in [2.75, 3.05) is 13.1 Å². The number of benzene rings is 2. The molecule has 3 N–H and O–H groups in total. The maximum Gasteiger partial charge on any atom is 0.421 e. The summed E-state index contributed by atoms with van der Waals surface area (Å²) in [7, 11) is 0. The van der Waals surface area contributed by atoms with Gasteiger partial charge in [-0.1, -0.05) is 54.6 Å². The molecule has 9 nitrogen and oxygen atoms in total. The van der Waals surface area contributed by atoms with E-state index in [2.05, 4.69) is 57.4 Å². The van der Waals surface area contributed by atoms with Gasteiger partial charge >= 0.3 is 6.09 Å². The number of hydrogen-bond donors (Lipinski definition) is 2. The minimum Gasteiger partial charge on any atom is -0.445 e. The van der Waals surface area contributed by atoms with Crippen LogP contribution in [0.15, 0.2) is 72.9 Å². The number of aromatic nitrogens is 4. The van der Waals surface area contributed by atoms with Crippen LogP contribution in [0.25, 0.3) is 39.1 Å². The van der Waals surface area contributed by atoms with Crippen molar-refractivity contribution in [3.05, 3.63) is 84.2 Å². The molecule has 4 heterocycles. The second kappa shape index (κ2) is 10.2. The van der Waals surface area contributed by atoms with Crippen molar-refractivity contribution in [2.24, 2.45) is 5.84 Å². The fourth-order valence-corrected chi connectivity index (χ4v) is 5.11. The standard InChI is InChI=1S/C29H29N7O2/c1-19-15-26-31-17-23-16-25(21-5-3-2-4-6-21)27(32-28(23)36(26)34-19)22-9-7-20(8-10-22)18-35-13-11-24(12-14-35)38-29(37)33-30/h2-10,15-17,24H,11-14,18,30H2,1H3,(H,33,37). The van der Waals surface area contributed by atoms with Gasteiger partial charge in [0.05, 0.1) is 11.4 Å². The number of aryl methyl sites for hydroxylation is 1. The van der Waals surface area contributed by atoms with Crippen molar-refractivity contribution in [1.29, 1.82) is 0 Å². The third kappa shape index (κ3) is 4.81. The average Bonchev–Trinajstić information content (AvgIpc) is 3.35. The molecule has 9 heteroatoms. The first kappa shape index (κ1) is 24.0. The van der Waals surface area contributed by atoms with Gasteiger partial charge in [-0.15, -0.1) is 0 Å². The number of nitrogens with one attached hydrogen (secondary N) is 1. The second-order valence-electron chi connectivity index (χ2n) is 9.70. The predicted octanol–water partition coefficient (Wildman–Crippen LogP) is 4.48. The van der Waals surface area contributed by atoms with Gasteiger partial charge in [0.1, 0.15) is 6.10 Å². The Labute approximate surface area is 220 Å². The van der Waals surface area contributed by atoms with Gasteiger partial charge in [0, 0.05) is 48.4 Å². The zero-order chi connectivity index (χ0) is 26.1. The van der Waals surface area contributed by atoms with Crippen LogP contribution in [0.3, 0.4) is 0 Å². The summed E-state index contributed by atoms with van der Waals surface area (Å²) in [5.41, 5.74) is 9.85. The fourth-order valence-electron chi connectivity index (χ4n) is 5.11. The van der Waals surface area contributed by atoms with Crippen molar-refractivity contribution in [3.8, 4) is 22.4 Å². The largest absolute Gasteiger partial charge is 0.445 e. The lowest BCUT2D eigenvalue weighted by Gasteiger charge is -2.31. The van der Waals surface area contributed by atoms with Gasteiger partial charge in [0.15, 0.2) is 11.3 Å². The Kier molecular flexibility index (Phi) is 6.45. The van der Waals surface area contributed by atoms with Crippen LogP contribution >= 0.6 is 0 Å². The molecule has 0 unspecified atom stereocenters. The number of piperidine rings is 1. The van der Waals surface area contributed by atoms with E-state index in [-0.39, 0.29) is 6.10 Å². The lowest BCUT2D eigenvalue weighted by molar-refractivity contribution is 0.0488. The predicted molar refractivity (Wildman–Crippen MR) is 146 cm³/mol. The van der Waals surface area contributed by atoms with E-state index in [4.69, 9.17) is 15.6 Å². The molecule has 1 amide bonds. The number of carbonyl (C=O) groups is 1. The number of carbonyl (C=O) groups excluding carboxylic acids is 1. The van der Waals surface area contributed by atoms with E-state index >= 15 is 0 Å². The van der Waals surface area contributed by atoms with E-state index in [9.17, 15) is 4.79 Å². The fraction of sp³-hybridized carbons (Fsp3) is 0.241. The monoisotopic (exact) mass is 507 g/mol. The van der Waals surface area contributed by atoms with Gasteiger partial charge < -0.3 is 4.74 Å². The quantitative estimate of drug-likeness (QED) is 0.205. The van der Waals surface area contributed by atoms with E-state index in [1.54, 1.807) is 0 Å². The Hall–Kier alpha value is -4.34. The van der Waals surface area contributed by atoms with Gasteiger partial charge in [0.2, 0.25) is 0 Å². The highest BCUT2D eigenvalue weighted by molar-refractivity contribution is 5.90. The second-order valence-corrected chi connectivity index (χ2v) is 9.70. The molecule has 1 fully saturated rings. The van der Waals surface area contributed by atoms with Crippen LogP contribution in [0.2, 0.25) is 0 Å². The van der Waals surface area contributed by atoms with E-state index < -0.39 is 6.09 Å². The highest BCUT2D eigenvalue weighted by Gasteiger charge is 2.22. The van der Waals surface area contributed by atoms with Gasteiger partial charge in [-0.2, -0.15) is 9.61 Å². The van der Waals surface area contributed by atoms with Crippen LogP contribution < -0.4 is 11.3 Å². The minimum atomic E-state index is -0.573. The molecule has 3 aromatic heterocycles. The molecule has 0 atom stereocenters. The number of hydrazine groups is 1. The summed E-state index contributed by atoms with van der Waals surface area (Å²) >= 11 is 0. The average molecular weight is 508 g/mol. The molecule has 0 bridgehead atoms. The molecule has 1 aliphatic rings. The lowest BCUT2D eigenvalue weighted by Crippen LogP contribution is -2.40. The zero-order valence-electron chi connectivity index (χ0n) is 21.2. The van der Waals surface area contributed by atoms with E-state index in [0.29, 0.717) is 0 Å². The van der Waals surface area contributed by atoms with Gasteiger partial charge in [0.25, 0.3) is 0 Å². The molecule has 0 saturated carbocycles. The summed E-state index contributed by atoms with van der Waals surface area (Å²) < 4.78 is 7.11. The molecule has 0 spiro atoms. The molecule has 0 radical (unpaired) electrons. The maximum atomic E-state index is 11.4. The van der Waals surface area contributed by atoms with Crippen LogP contribution in [0.5, 0.6) is 0 Å². The summed E-state index contributed by atoms with van der Waals surface area (Å²) in [6, 6.07) is 23.1. The van der Waals surface area contributed by atoms with Gasteiger partial charge in [-0.3, -0.25) is 10.3 Å². The molecule has 38 heavy (non-hydrogen) atoms. The first-order chi connectivity index (χ1) is 18.6. The molecule has 2 aromatic carbocycles. The van der Waals surface area contributed by atoms with Crippen molar-refractivity contribution in [2.45, 2.75) is 32.4 Å². The van der Waals surface area contributed by atoms with Crippen LogP contribution in [0.4, 0.5) is 4.79 Å². The Morgan fingerprint density at radius 1 is 1.05 bits per heavy atom. The molecular formula is C29H29N7O2. The highest BCUT2D eigenvalue weighted by Crippen LogP contribution is 2.33. The Morgan fingerprint density at radius 2 is 1.82 bits per heavy atom. The molecular weight excluding hydrogens is 478 g/mol. The smallest absolute Gasteiger partial charge is 0.421 e. The third-order valence-corrected chi connectivity index (χ3v) is 7.02. The highest BCUT2D eigenvalue weighted by atomic mass is 16.6.